The van der Waals surface area contributed by atoms with E-state index in [0.29, 0.717) is 12.2 Å². The Kier molecular flexibility index (Phi) is 5.28. The molecule has 1 aromatic rings. The number of hydrogen-bond acceptors (Lipinski definition) is 4. The zero-order valence-corrected chi connectivity index (χ0v) is 12.0. The lowest BCUT2D eigenvalue weighted by atomic mass is 10.0. The van der Waals surface area contributed by atoms with Crippen molar-refractivity contribution in [2.24, 2.45) is 5.73 Å². The van der Waals surface area contributed by atoms with Crippen LogP contribution in [0.4, 0.5) is 10.1 Å². The molecule has 0 atom stereocenters. The fourth-order valence-electron chi connectivity index (χ4n) is 2.46. The van der Waals surface area contributed by atoms with Crippen molar-refractivity contribution in [3.8, 4) is 0 Å². The maximum atomic E-state index is 13.3. The number of aliphatic hydroxyl groups is 1. The molecule has 1 saturated heterocycles. The summed E-state index contributed by atoms with van der Waals surface area (Å²) in [5, 5.41) is 8.75. The molecule has 1 heterocycles. The van der Waals surface area contributed by atoms with Gasteiger partial charge in [-0.1, -0.05) is 12.2 Å². The third-order valence-electron chi connectivity index (χ3n) is 3.45. The average molecular weight is 298 g/mol. The molecule has 1 fully saturated rings. The van der Waals surface area contributed by atoms with Crippen LogP contribution in [0, 0.1) is 5.82 Å². The molecule has 1 aliphatic rings. The van der Waals surface area contributed by atoms with Crippen LogP contribution in [0.5, 0.6) is 0 Å². The van der Waals surface area contributed by atoms with Gasteiger partial charge in [-0.3, -0.25) is 0 Å². The number of nitrogens with zero attached hydrogens (tertiary/aromatic N) is 1. The molecular weight excluding hydrogens is 279 g/mol. The number of hydrogen-bond donors (Lipinski definition) is 2. The van der Waals surface area contributed by atoms with Gasteiger partial charge in [-0.05, 0) is 31.0 Å². The first kappa shape index (κ1) is 15.2. The predicted octanol–water partition coefficient (Wildman–Crippen LogP) is 1.44. The van der Waals surface area contributed by atoms with E-state index in [2.05, 4.69) is 4.90 Å². The first-order valence-corrected chi connectivity index (χ1v) is 7.09. The Morgan fingerprint density at radius 3 is 2.75 bits per heavy atom. The summed E-state index contributed by atoms with van der Waals surface area (Å²) >= 11 is 4.99. The van der Waals surface area contributed by atoms with Crippen molar-refractivity contribution in [3.63, 3.8) is 0 Å². The summed E-state index contributed by atoms with van der Waals surface area (Å²) in [6.07, 6.45) is 1.91. The van der Waals surface area contributed by atoms with Gasteiger partial charge in [-0.15, -0.1) is 0 Å². The second-order valence-corrected chi connectivity index (χ2v) is 5.25. The summed E-state index contributed by atoms with van der Waals surface area (Å²) in [6, 6.07) is 4.52. The summed E-state index contributed by atoms with van der Waals surface area (Å²) in [6.45, 7) is 2.03. The normalized spacial score (nSPS) is 16.4. The molecule has 0 bridgehead atoms. The van der Waals surface area contributed by atoms with Crippen LogP contribution in [-0.2, 0) is 4.74 Å². The number of thiocarbonyl (C=S) groups is 1. The fraction of sp³-hybridized carbons (Fsp3) is 0.500. The van der Waals surface area contributed by atoms with Crippen LogP contribution in [0.2, 0.25) is 0 Å². The Hall–Kier alpha value is -1.24. The number of nitrogens with two attached hydrogens (primary N) is 1. The highest BCUT2D eigenvalue weighted by Crippen LogP contribution is 2.26. The zero-order valence-electron chi connectivity index (χ0n) is 11.2. The number of rotatable bonds is 5. The van der Waals surface area contributed by atoms with Gasteiger partial charge in [0.05, 0.1) is 19.3 Å². The summed E-state index contributed by atoms with van der Waals surface area (Å²) in [7, 11) is 0. The van der Waals surface area contributed by atoms with E-state index in [0.717, 1.165) is 31.6 Å². The van der Waals surface area contributed by atoms with Gasteiger partial charge in [0.25, 0.3) is 0 Å². The van der Waals surface area contributed by atoms with Crippen LogP contribution in [0.15, 0.2) is 18.2 Å². The minimum absolute atomic E-state index is 0.0454. The van der Waals surface area contributed by atoms with Crippen LogP contribution in [0.3, 0.4) is 0 Å². The highest BCUT2D eigenvalue weighted by atomic mass is 32.1. The van der Waals surface area contributed by atoms with Gasteiger partial charge in [0, 0.05) is 24.3 Å². The highest BCUT2D eigenvalue weighted by Gasteiger charge is 2.22. The van der Waals surface area contributed by atoms with Gasteiger partial charge < -0.3 is 20.5 Å². The molecule has 0 unspecified atom stereocenters. The molecule has 0 amide bonds. The van der Waals surface area contributed by atoms with Crippen LogP contribution < -0.4 is 10.6 Å². The summed E-state index contributed by atoms with van der Waals surface area (Å²) in [5.74, 6) is -0.335. The van der Waals surface area contributed by atoms with Gasteiger partial charge in [0.15, 0.2) is 0 Å². The van der Waals surface area contributed by atoms with Crippen LogP contribution in [0.25, 0.3) is 0 Å². The summed E-state index contributed by atoms with van der Waals surface area (Å²) in [5.41, 5.74) is 7.12. The lowest BCUT2D eigenvalue weighted by Crippen LogP contribution is -2.38. The maximum Gasteiger partial charge on any atom is 0.124 e. The zero-order chi connectivity index (χ0) is 14.5. The van der Waals surface area contributed by atoms with Crippen LogP contribution >= 0.6 is 12.2 Å². The Bertz CT molecular complexity index is 476. The van der Waals surface area contributed by atoms with Crippen molar-refractivity contribution in [3.05, 3.63) is 29.6 Å². The minimum atomic E-state index is -0.335. The van der Waals surface area contributed by atoms with Crippen molar-refractivity contribution < 1.29 is 14.2 Å². The highest BCUT2D eigenvalue weighted by molar-refractivity contribution is 7.80. The lowest BCUT2D eigenvalue weighted by molar-refractivity contribution is 0.0159. The molecule has 1 aromatic carbocycles. The van der Waals surface area contributed by atoms with E-state index in [-0.39, 0.29) is 23.5 Å². The van der Waals surface area contributed by atoms with Gasteiger partial charge in [0.1, 0.15) is 10.8 Å². The number of benzene rings is 1. The predicted molar refractivity (Wildman–Crippen MR) is 80.6 cm³/mol. The van der Waals surface area contributed by atoms with Gasteiger partial charge in [-0.25, -0.2) is 4.39 Å². The van der Waals surface area contributed by atoms with Gasteiger partial charge in [-0.2, -0.15) is 0 Å². The second-order valence-electron chi connectivity index (χ2n) is 4.81. The third kappa shape index (κ3) is 3.65. The van der Waals surface area contributed by atoms with E-state index in [4.69, 9.17) is 27.8 Å². The topological polar surface area (TPSA) is 58.7 Å². The Labute approximate surface area is 123 Å². The smallest absolute Gasteiger partial charge is 0.124 e. The Balaban J connectivity index is 2.05. The first-order valence-electron chi connectivity index (χ1n) is 6.68. The Morgan fingerprint density at radius 2 is 2.15 bits per heavy atom. The molecule has 20 heavy (non-hydrogen) atoms. The molecule has 0 spiro atoms. The number of piperidine rings is 1. The Morgan fingerprint density at radius 1 is 1.45 bits per heavy atom. The third-order valence-corrected chi connectivity index (χ3v) is 3.67. The van der Waals surface area contributed by atoms with Crippen molar-refractivity contribution in [2.45, 2.75) is 18.9 Å². The lowest BCUT2D eigenvalue weighted by Gasteiger charge is -2.34. The quantitative estimate of drug-likeness (QED) is 0.806. The second kappa shape index (κ2) is 6.97. The SMILES string of the molecule is NC(=S)c1cc(F)ccc1N1CCC(OCCO)CC1. The molecular formula is C14H19FN2O2S. The van der Waals surface area contributed by atoms with E-state index in [1.54, 1.807) is 6.07 Å². The van der Waals surface area contributed by atoms with Gasteiger partial charge in [0.2, 0.25) is 0 Å². The first-order chi connectivity index (χ1) is 9.61. The summed E-state index contributed by atoms with van der Waals surface area (Å²) in [4.78, 5) is 2.35. The average Bonchev–Trinajstić information content (AvgIpc) is 2.45. The van der Waals surface area contributed by atoms with E-state index in [1.165, 1.54) is 12.1 Å². The van der Waals surface area contributed by atoms with E-state index >= 15 is 0 Å². The van der Waals surface area contributed by atoms with Gasteiger partial charge >= 0.3 is 0 Å². The monoisotopic (exact) mass is 298 g/mol. The molecule has 110 valence electrons. The fourth-order valence-corrected chi connectivity index (χ4v) is 2.63. The van der Waals surface area contributed by atoms with Crippen molar-refractivity contribution in [1.29, 1.82) is 0 Å². The largest absolute Gasteiger partial charge is 0.394 e. The number of aliphatic hydroxyl groups excluding tert-OH is 1. The molecule has 0 saturated carbocycles. The molecule has 0 aromatic heterocycles. The number of ether oxygens (including phenoxy) is 1. The van der Waals surface area contributed by atoms with Crippen LogP contribution in [0.1, 0.15) is 18.4 Å². The number of anilines is 1. The molecule has 0 radical (unpaired) electrons. The van der Waals surface area contributed by atoms with Crippen LogP contribution in [-0.4, -0.2) is 42.5 Å². The molecule has 2 rings (SSSR count). The van der Waals surface area contributed by atoms with E-state index < -0.39 is 0 Å². The number of halogens is 1. The standard InChI is InChI=1S/C14H19FN2O2S/c15-10-1-2-13(12(9-10)14(16)20)17-5-3-11(4-6-17)19-8-7-18/h1-2,9,11,18H,3-8H2,(H2,16,20). The molecule has 0 aliphatic carbocycles. The van der Waals surface area contributed by atoms with E-state index in [9.17, 15) is 4.39 Å². The van der Waals surface area contributed by atoms with Crippen molar-refractivity contribution in [1.82, 2.24) is 0 Å². The molecule has 3 N–H and O–H groups in total. The minimum Gasteiger partial charge on any atom is -0.394 e. The summed E-state index contributed by atoms with van der Waals surface area (Å²) < 4.78 is 18.8. The molecule has 6 heteroatoms. The van der Waals surface area contributed by atoms with Crippen molar-refractivity contribution in [2.75, 3.05) is 31.2 Å². The van der Waals surface area contributed by atoms with Crippen molar-refractivity contribution >= 4 is 22.9 Å². The maximum absolute atomic E-state index is 13.3. The molecule has 1 aliphatic heterocycles. The van der Waals surface area contributed by atoms with E-state index in [1.807, 2.05) is 0 Å². The molecule has 4 nitrogen and oxygen atoms in total.